The number of halogens is 6. The van der Waals surface area contributed by atoms with Gasteiger partial charge in [-0.2, -0.15) is 26.3 Å². The molecule has 29 heavy (non-hydrogen) atoms. The smallest absolute Gasteiger partial charge is 0.420 e. The van der Waals surface area contributed by atoms with E-state index < -0.39 is 41.7 Å². The third kappa shape index (κ3) is 4.59. The molecule has 158 valence electrons. The van der Waals surface area contributed by atoms with Gasteiger partial charge in [-0.3, -0.25) is 0 Å². The lowest BCUT2D eigenvalue weighted by atomic mass is 9.87. The Morgan fingerprint density at radius 1 is 0.966 bits per heavy atom. The molecule has 0 saturated heterocycles. The Kier molecular flexibility index (Phi) is 5.69. The maximum absolute atomic E-state index is 13.8. The number of carbonyl (C=O) groups is 1. The minimum atomic E-state index is -4.75. The molecule has 2 aromatic rings. The van der Waals surface area contributed by atoms with E-state index in [1.165, 1.54) is 18.2 Å². The Bertz CT molecular complexity index is 895. The number of fused-ring (bicyclic) bond motifs is 1. The monoisotopic (exact) mass is 420 g/mol. The average molecular weight is 420 g/mol. The van der Waals surface area contributed by atoms with E-state index in [4.69, 9.17) is 4.74 Å². The zero-order chi connectivity index (χ0) is 21.4. The topological polar surface area (TPSA) is 35.5 Å². The molecule has 0 amide bonds. The standard InChI is InChI=1S/C20H18F6O3/c1-28-18(27)12-2-8-15-11(10-12)3-9-16(17(15)20(24,25)26)29-14-6-4-13(5-7-14)19(21,22)23/h2-3,8-10,13-14H,4-7H2,1H3/t13-,14+. The highest BCUT2D eigenvalue weighted by Gasteiger charge is 2.42. The second-order valence-electron chi connectivity index (χ2n) is 7.00. The molecule has 1 aliphatic rings. The van der Waals surface area contributed by atoms with E-state index in [1.54, 1.807) is 0 Å². The van der Waals surface area contributed by atoms with Crippen LogP contribution in [-0.2, 0) is 10.9 Å². The summed E-state index contributed by atoms with van der Waals surface area (Å²) >= 11 is 0. The zero-order valence-electron chi connectivity index (χ0n) is 15.4. The first kappa shape index (κ1) is 21.3. The fraction of sp³-hybridized carbons (Fsp3) is 0.450. The summed E-state index contributed by atoms with van der Waals surface area (Å²) in [5, 5.41) is 0.0139. The predicted octanol–water partition coefficient (Wildman–Crippen LogP) is 6.15. The van der Waals surface area contributed by atoms with Crippen molar-refractivity contribution in [2.45, 2.75) is 44.1 Å². The molecule has 2 aromatic carbocycles. The highest BCUT2D eigenvalue weighted by molar-refractivity contribution is 5.97. The van der Waals surface area contributed by atoms with Crippen LogP contribution in [-0.4, -0.2) is 25.4 Å². The van der Waals surface area contributed by atoms with Gasteiger partial charge in [0.25, 0.3) is 0 Å². The minimum absolute atomic E-state index is 0.0286. The number of rotatable bonds is 3. The summed E-state index contributed by atoms with van der Waals surface area (Å²) in [6.45, 7) is 0. The molecule has 0 unspecified atom stereocenters. The summed E-state index contributed by atoms with van der Waals surface area (Å²) in [4.78, 5) is 11.6. The number of benzene rings is 2. The van der Waals surface area contributed by atoms with Gasteiger partial charge in [-0.05, 0) is 54.7 Å². The van der Waals surface area contributed by atoms with Crippen LogP contribution in [0.3, 0.4) is 0 Å². The van der Waals surface area contributed by atoms with Crippen LogP contribution in [0.4, 0.5) is 26.3 Å². The van der Waals surface area contributed by atoms with E-state index >= 15 is 0 Å². The van der Waals surface area contributed by atoms with Gasteiger partial charge in [-0.15, -0.1) is 0 Å². The summed E-state index contributed by atoms with van der Waals surface area (Å²) in [5.41, 5.74) is -0.906. The van der Waals surface area contributed by atoms with Gasteiger partial charge in [-0.25, -0.2) is 4.79 Å². The summed E-state index contributed by atoms with van der Waals surface area (Å²) in [6.07, 6.45) is -10.1. The quantitative estimate of drug-likeness (QED) is 0.442. The molecular weight excluding hydrogens is 402 g/mol. The minimum Gasteiger partial charge on any atom is -0.490 e. The molecule has 3 rings (SSSR count). The lowest BCUT2D eigenvalue weighted by molar-refractivity contribution is -0.185. The van der Waals surface area contributed by atoms with Crippen molar-refractivity contribution in [3.8, 4) is 5.75 Å². The highest BCUT2D eigenvalue weighted by Crippen LogP contribution is 2.44. The van der Waals surface area contributed by atoms with Crippen molar-refractivity contribution in [3.05, 3.63) is 41.5 Å². The van der Waals surface area contributed by atoms with Crippen molar-refractivity contribution in [3.63, 3.8) is 0 Å². The van der Waals surface area contributed by atoms with Crippen LogP contribution in [0.15, 0.2) is 30.3 Å². The molecule has 0 aliphatic heterocycles. The summed E-state index contributed by atoms with van der Waals surface area (Å²) in [7, 11) is 1.16. The van der Waals surface area contributed by atoms with Gasteiger partial charge in [0.1, 0.15) is 11.3 Å². The Labute approximate surface area is 162 Å². The highest BCUT2D eigenvalue weighted by atomic mass is 19.4. The van der Waals surface area contributed by atoms with E-state index in [9.17, 15) is 31.1 Å². The van der Waals surface area contributed by atoms with Crippen LogP contribution in [0, 0.1) is 5.92 Å². The van der Waals surface area contributed by atoms with Crippen LogP contribution >= 0.6 is 0 Å². The van der Waals surface area contributed by atoms with Gasteiger partial charge in [0, 0.05) is 0 Å². The molecule has 1 fully saturated rings. The third-order valence-electron chi connectivity index (χ3n) is 5.12. The molecule has 0 bridgehead atoms. The molecule has 0 spiro atoms. The number of methoxy groups -OCH3 is 1. The third-order valence-corrected chi connectivity index (χ3v) is 5.12. The largest absolute Gasteiger partial charge is 0.490 e. The Morgan fingerprint density at radius 2 is 1.62 bits per heavy atom. The number of alkyl halides is 6. The van der Waals surface area contributed by atoms with Crippen LogP contribution in [0.2, 0.25) is 0 Å². The summed E-state index contributed by atoms with van der Waals surface area (Å²) in [5.74, 6) is -2.55. The maximum Gasteiger partial charge on any atom is 0.420 e. The van der Waals surface area contributed by atoms with Crippen molar-refractivity contribution >= 4 is 16.7 Å². The maximum atomic E-state index is 13.8. The Hall–Kier alpha value is -2.45. The molecule has 0 heterocycles. The molecule has 0 aromatic heterocycles. The van der Waals surface area contributed by atoms with E-state index in [0.717, 1.165) is 19.2 Å². The first-order chi connectivity index (χ1) is 13.5. The molecule has 9 heteroatoms. The second kappa shape index (κ2) is 7.76. The van der Waals surface area contributed by atoms with Crippen LogP contribution in [0.25, 0.3) is 10.8 Å². The summed E-state index contributed by atoms with van der Waals surface area (Å²) in [6, 6.07) is 6.20. The first-order valence-electron chi connectivity index (χ1n) is 8.96. The number of esters is 1. The Balaban J connectivity index is 1.91. The van der Waals surface area contributed by atoms with Crippen LogP contribution < -0.4 is 4.74 Å². The second-order valence-corrected chi connectivity index (χ2v) is 7.00. The van der Waals surface area contributed by atoms with Gasteiger partial charge in [0.05, 0.1) is 24.7 Å². The van der Waals surface area contributed by atoms with Crippen molar-refractivity contribution in [2.75, 3.05) is 7.11 Å². The average Bonchev–Trinajstić information content (AvgIpc) is 2.65. The molecule has 0 N–H and O–H groups in total. The van der Waals surface area contributed by atoms with E-state index in [1.807, 2.05) is 0 Å². The molecule has 1 saturated carbocycles. The van der Waals surface area contributed by atoms with Crippen LogP contribution in [0.1, 0.15) is 41.6 Å². The van der Waals surface area contributed by atoms with Crippen molar-refractivity contribution < 1.29 is 40.6 Å². The predicted molar refractivity (Wildman–Crippen MR) is 92.7 cm³/mol. The molecule has 0 radical (unpaired) electrons. The molecule has 3 nitrogen and oxygen atoms in total. The molecular formula is C20H18F6O3. The molecule has 0 atom stereocenters. The van der Waals surface area contributed by atoms with Gasteiger partial charge in [0.2, 0.25) is 0 Å². The van der Waals surface area contributed by atoms with E-state index in [-0.39, 0.29) is 42.0 Å². The van der Waals surface area contributed by atoms with E-state index in [0.29, 0.717) is 0 Å². The van der Waals surface area contributed by atoms with Gasteiger partial charge >= 0.3 is 18.3 Å². The SMILES string of the molecule is COC(=O)c1ccc2c(C(F)(F)F)c(O[C@H]3CC[C@@H](C(F)(F)F)CC3)ccc2c1. The number of ether oxygens (including phenoxy) is 2. The van der Waals surface area contributed by atoms with Crippen LogP contribution in [0.5, 0.6) is 5.75 Å². The van der Waals surface area contributed by atoms with E-state index in [2.05, 4.69) is 4.74 Å². The normalized spacial score (nSPS) is 20.5. The fourth-order valence-electron chi connectivity index (χ4n) is 3.63. The van der Waals surface area contributed by atoms with Gasteiger partial charge in [0.15, 0.2) is 0 Å². The lowest BCUT2D eigenvalue weighted by Gasteiger charge is -2.31. The zero-order valence-corrected chi connectivity index (χ0v) is 15.4. The number of hydrogen-bond acceptors (Lipinski definition) is 3. The lowest BCUT2D eigenvalue weighted by Crippen LogP contribution is -2.32. The number of hydrogen-bond donors (Lipinski definition) is 0. The first-order valence-corrected chi connectivity index (χ1v) is 8.96. The molecule has 1 aliphatic carbocycles. The van der Waals surface area contributed by atoms with Gasteiger partial charge < -0.3 is 9.47 Å². The van der Waals surface area contributed by atoms with Crippen molar-refractivity contribution in [1.29, 1.82) is 0 Å². The number of carbonyl (C=O) groups excluding carboxylic acids is 1. The summed E-state index contributed by atoms with van der Waals surface area (Å²) < 4.78 is 89.7. The fourth-order valence-corrected chi connectivity index (χ4v) is 3.63. The Morgan fingerprint density at radius 3 is 2.17 bits per heavy atom. The van der Waals surface area contributed by atoms with Crippen molar-refractivity contribution in [2.24, 2.45) is 5.92 Å². The van der Waals surface area contributed by atoms with Gasteiger partial charge in [-0.1, -0.05) is 12.1 Å². The van der Waals surface area contributed by atoms with Crippen molar-refractivity contribution in [1.82, 2.24) is 0 Å².